The van der Waals surface area contributed by atoms with Crippen LogP contribution in [0.2, 0.25) is 0 Å². The van der Waals surface area contributed by atoms with Crippen LogP contribution < -0.4 is 14.8 Å². The molecule has 0 aliphatic rings. The zero-order valence-electron chi connectivity index (χ0n) is 28.2. The highest BCUT2D eigenvalue weighted by atomic mass is 32.2. The number of aromatic nitrogens is 1. The number of thiazole rings is 1. The average molecular weight is 702 g/mol. The number of nitrogens with zero attached hydrogens (tertiary/aromatic N) is 3. The van der Waals surface area contributed by atoms with Crippen molar-refractivity contribution >= 4 is 60.1 Å². The number of sulfonamides is 1. The number of rotatable bonds is 22. The van der Waals surface area contributed by atoms with E-state index in [0.29, 0.717) is 34.7 Å². The monoisotopic (exact) mass is 701 g/mol. The first-order chi connectivity index (χ1) is 23.1. The van der Waals surface area contributed by atoms with E-state index in [1.165, 1.54) is 38.3 Å². The summed E-state index contributed by atoms with van der Waals surface area (Å²) >= 11 is 1.12. The Hall–Kier alpha value is -3.75. The van der Waals surface area contributed by atoms with E-state index in [0.717, 1.165) is 49.9 Å². The molecule has 12 nitrogen and oxygen atoms in total. The summed E-state index contributed by atoms with van der Waals surface area (Å²) in [5.41, 5.74) is 0.748. The molecule has 0 fully saturated rings. The van der Waals surface area contributed by atoms with Crippen molar-refractivity contribution in [2.75, 3.05) is 18.5 Å². The second-order valence-corrected chi connectivity index (χ2v) is 14.2. The Morgan fingerprint density at radius 3 is 2.42 bits per heavy atom. The maximum Gasteiger partial charge on any atom is 0.321 e. The SMILES string of the molecule is CCCCCCCCOc1ccccc1NC(=O)C(N=Nc1nc2cc(S(=O)(=O)NCC(=O)OC(CC)CCCC)ccc2s1)C(C)=O. The molecule has 2 N–H and O–H groups in total. The summed E-state index contributed by atoms with van der Waals surface area (Å²) in [7, 11) is -4.04. The Morgan fingerprint density at radius 2 is 1.69 bits per heavy atom. The second-order valence-electron chi connectivity index (χ2n) is 11.4. The van der Waals surface area contributed by atoms with E-state index in [2.05, 4.69) is 32.2 Å². The van der Waals surface area contributed by atoms with Crippen LogP contribution in [0.4, 0.5) is 10.8 Å². The van der Waals surface area contributed by atoms with Gasteiger partial charge in [0.15, 0.2) is 5.78 Å². The lowest BCUT2D eigenvalue weighted by Crippen LogP contribution is -2.32. The number of nitrogens with one attached hydrogen (secondary N) is 2. The van der Waals surface area contributed by atoms with Gasteiger partial charge in [0.2, 0.25) is 21.2 Å². The van der Waals surface area contributed by atoms with Gasteiger partial charge in [0.05, 0.1) is 27.4 Å². The molecule has 3 aromatic rings. The first-order valence-electron chi connectivity index (χ1n) is 16.6. The summed E-state index contributed by atoms with van der Waals surface area (Å²) in [5, 5.41) is 10.9. The first kappa shape index (κ1) is 38.7. The molecule has 0 aliphatic heterocycles. The van der Waals surface area contributed by atoms with E-state index in [1.807, 2.05) is 13.8 Å². The van der Waals surface area contributed by atoms with Gasteiger partial charge in [0.1, 0.15) is 18.4 Å². The minimum atomic E-state index is -4.04. The Bertz CT molecular complexity index is 1640. The van der Waals surface area contributed by atoms with Crippen LogP contribution in [0.1, 0.15) is 91.9 Å². The molecule has 14 heteroatoms. The van der Waals surface area contributed by atoms with Gasteiger partial charge in [0.25, 0.3) is 5.91 Å². The molecule has 0 saturated carbocycles. The fourth-order valence-electron chi connectivity index (χ4n) is 4.73. The van der Waals surface area contributed by atoms with Crippen molar-refractivity contribution in [1.82, 2.24) is 9.71 Å². The highest BCUT2D eigenvalue weighted by Gasteiger charge is 2.25. The normalized spacial score (nSPS) is 13.0. The molecule has 262 valence electrons. The number of ketones is 1. The van der Waals surface area contributed by atoms with Gasteiger partial charge in [-0.05, 0) is 56.5 Å². The number of amides is 1. The van der Waals surface area contributed by atoms with Crippen LogP contribution in [0.5, 0.6) is 5.75 Å². The lowest BCUT2D eigenvalue weighted by atomic mass is 10.1. The van der Waals surface area contributed by atoms with Gasteiger partial charge < -0.3 is 14.8 Å². The topological polar surface area (TPSA) is 165 Å². The molecule has 2 unspecified atom stereocenters. The zero-order valence-corrected chi connectivity index (χ0v) is 29.8. The highest BCUT2D eigenvalue weighted by Crippen LogP contribution is 2.30. The second kappa shape index (κ2) is 19.9. The first-order valence-corrected chi connectivity index (χ1v) is 18.9. The van der Waals surface area contributed by atoms with Crippen LogP contribution in [0.25, 0.3) is 10.2 Å². The molecule has 1 heterocycles. The number of esters is 1. The lowest BCUT2D eigenvalue weighted by Gasteiger charge is -2.16. The quantitative estimate of drug-likeness (QED) is 0.0470. The van der Waals surface area contributed by atoms with E-state index < -0.39 is 40.3 Å². The Balaban J connectivity index is 1.63. The molecule has 0 aliphatic carbocycles. The Labute approximate surface area is 287 Å². The van der Waals surface area contributed by atoms with Gasteiger partial charge in [-0.25, -0.2) is 13.4 Å². The molecule has 48 heavy (non-hydrogen) atoms. The third kappa shape index (κ3) is 12.4. The molecule has 1 aromatic heterocycles. The Morgan fingerprint density at radius 1 is 0.958 bits per heavy atom. The van der Waals surface area contributed by atoms with E-state index in [4.69, 9.17) is 9.47 Å². The van der Waals surface area contributed by atoms with Crippen LogP contribution in [-0.4, -0.2) is 56.4 Å². The number of para-hydroxylation sites is 2. The lowest BCUT2D eigenvalue weighted by molar-refractivity contribution is -0.148. The summed E-state index contributed by atoms with van der Waals surface area (Å²) in [6.07, 6.45) is 9.76. The number of azo groups is 1. The molecule has 0 bridgehead atoms. The van der Waals surface area contributed by atoms with Crippen LogP contribution in [0, 0.1) is 0 Å². The number of ether oxygens (including phenoxy) is 2. The van der Waals surface area contributed by atoms with Crippen LogP contribution in [0.15, 0.2) is 57.6 Å². The number of carbonyl (C=O) groups is 3. The van der Waals surface area contributed by atoms with Crippen LogP contribution >= 0.6 is 11.3 Å². The van der Waals surface area contributed by atoms with Gasteiger partial charge in [0, 0.05) is 0 Å². The third-order valence-corrected chi connectivity index (χ3v) is 9.81. The van der Waals surface area contributed by atoms with Gasteiger partial charge in [-0.3, -0.25) is 14.4 Å². The van der Waals surface area contributed by atoms with E-state index in [9.17, 15) is 22.8 Å². The zero-order chi connectivity index (χ0) is 34.9. The van der Waals surface area contributed by atoms with Crippen molar-refractivity contribution in [2.45, 2.75) is 109 Å². The number of anilines is 1. The molecule has 0 saturated heterocycles. The standard InChI is InChI=1S/C34H47N5O7S2/c1-5-8-10-11-12-15-21-45-29-18-14-13-17-27(29)36-33(42)32(24(4)40)38-39-34-37-28-22-26(19-20-30(28)47-34)48(43,44)35-23-31(41)46-25(7-3)16-9-6-2/h13-14,17-20,22,25,32,35H,5-12,15-16,21,23H2,1-4H3,(H,36,42). The summed E-state index contributed by atoms with van der Waals surface area (Å²) < 4.78 is 40.0. The minimum Gasteiger partial charge on any atom is -0.491 e. The summed E-state index contributed by atoms with van der Waals surface area (Å²) in [6, 6.07) is 9.88. The maximum absolute atomic E-state index is 13.1. The van der Waals surface area contributed by atoms with Gasteiger partial charge in [-0.2, -0.15) is 9.84 Å². The molecular weight excluding hydrogens is 655 g/mol. The van der Waals surface area contributed by atoms with Crippen molar-refractivity contribution in [2.24, 2.45) is 10.2 Å². The molecule has 0 radical (unpaired) electrons. The van der Waals surface area contributed by atoms with Crippen molar-refractivity contribution in [3.63, 3.8) is 0 Å². The number of benzene rings is 2. The van der Waals surface area contributed by atoms with Gasteiger partial charge >= 0.3 is 5.97 Å². The largest absolute Gasteiger partial charge is 0.491 e. The molecule has 3 rings (SSSR count). The highest BCUT2D eigenvalue weighted by molar-refractivity contribution is 7.89. The smallest absolute Gasteiger partial charge is 0.321 e. The molecular formula is C34H47N5O7S2. The molecule has 1 amide bonds. The van der Waals surface area contributed by atoms with Gasteiger partial charge in [-0.1, -0.05) is 89.2 Å². The van der Waals surface area contributed by atoms with Crippen LogP contribution in [0.3, 0.4) is 0 Å². The van der Waals surface area contributed by atoms with Crippen molar-refractivity contribution in [1.29, 1.82) is 0 Å². The van der Waals surface area contributed by atoms with Crippen LogP contribution in [-0.2, 0) is 29.1 Å². The van der Waals surface area contributed by atoms with Crippen molar-refractivity contribution in [3.8, 4) is 5.75 Å². The average Bonchev–Trinajstić information content (AvgIpc) is 3.48. The molecule has 2 atom stereocenters. The number of fused-ring (bicyclic) bond motifs is 1. The molecule has 0 spiro atoms. The van der Waals surface area contributed by atoms with E-state index in [1.54, 1.807) is 30.3 Å². The number of unbranched alkanes of at least 4 members (excludes halogenated alkanes) is 6. The fraction of sp³-hybridized carbons (Fsp3) is 0.529. The maximum atomic E-state index is 13.1. The van der Waals surface area contributed by atoms with E-state index >= 15 is 0 Å². The predicted molar refractivity (Wildman–Crippen MR) is 187 cm³/mol. The van der Waals surface area contributed by atoms with Gasteiger partial charge in [-0.15, -0.1) is 5.11 Å². The number of carbonyl (C=O) groups excluding carboxylic acids is 3. The van der Waals surface area contributed by atoms with Crippen molar-refractivity contribution < 1.29 is 32.3 Å². The van der Waals surface area contributed by atoms with E-state index in [-0.39, 0.29) is 16.1 Å². The fourth-order valence-corrected chi connectivity index (χ4v) is 6.50. The third-order valence-electron chi connectivity index (χ3n) is 7.49. The molecule has 2 aromatic carbocycles. The number of Topliss-reactive ketones (excluding diaryl/α,β-unsaturated/α-hetero) is 1. The summed E-state index contributed by atoms with van der Waals surface area (Å²) in [6.45, 7) is 7.40. The predicted octanol–water partition coefficient (Wildman–Crippen LogP) is 7.51. The Kier molecular flexibility index (Phi) is 16.1. The summed E-state index contributed by atoms with van der Waals surface area (Å²) in [5.74, 6) is -1.33. The minimum absolute atomic E-state index is 0.0898. The van der Waals surface area contributed by atoms with Crippen molar-refractivity contribution in [3.05, 3.63) is 42.5 Å². The number of hydrogen-bond acceptors (Lipinski definition) is 11. The summed E-state index contributed by atoms with van der Waals surface area (Å²) in [4.78, 5) is 42.0. The number of hydrogen-bond donors (Lipinski definition) is 2.